The second kappa shape index (κ2) is 9.55. The Balaban J connectivity index is 2.05. The molecule has 1 unspecified atom stereocenters. The lowest BCUT2D eigenvalue weighted by molar-refractivity contribution is -0.153. The molecule has 7 nitrogen and oxygen atoms in total. The summed E-state index contributed by atoms with van der Waals surface area (Å²) < 4.78 is 41.5. The molecule has 162 valence electrons. The van der Waals surface area contributed by atoms with Crippen LogP contribution in [0.25, 0.3) is 0 Å². The molecule has 30 heavy (non-hydrogen) atoms. The summed E-state index contributed by atoms with van der Waals surface area (Å²) in [5.74, 6) is -0.560. The Hall–Kier alpha value is -3.17. The fraction of sp³-hybridized carbons (Fsp3) is 0.400. The smallest absolute Gasteiger partial charge is 0.422 e. The number of aryl methyl sites for hydroxylation is 1. The van der Waals surface area contributed by atoms with E-state index < -0.39 is 24.7 Å². The van der Waals surface area contributed by atoms with Gasteiger partial charge in [0.1, 0.15) is 17.3 Å². The first-order valence-corrected chi connectivity index (χ1v) is 9.21. The average Bonchev–Trinajstić information content (AvgIpc) is 2.66. The van der Waals surface area contributed by atoms with Crippen LogP contribution in [0.15, 0.2) is 30.5 Å². The molecule has 1 atom stereocenters. The molecule has 0 aliphatic rings. The molecule has 0 bridgehead atoms. The zero-order chi connectivity index (χ0) is 22.5. The summed E-state index contributed by atoms with van der Waals surface area (Å²) in [6, 6.07) is 5.49. The highest BCUT2D eigenvalue weighted by molar-refractivity contribution is 5.93. The minimum atomic E-state index is -4.46. The maximum Gasteiger partial charge on any atom is 0.422 e. The first-order chi connectivity index (χ1) is 14.0. The number of hydrogen-bond donors (Lipinski definition) is 2. The molecule has 0 aliphatic heterocycles. The molecule has 0 saturated heterocycles. The number of alkyl halides is 3. The second-order valence-electron chi connectivity index (χ2n) is 7.00. The number of nitrogens with zero attached hydrogens (tertiary/aromatic N) is 2. The highest BCUT2D eigenvalue weighted by atomic mass is 19.4. The van der Waals surface area contributed by atoms with Gasteiger partial charge in [-0.25, -0.2) is 9.97 Å². The number of pyridine rings is 2. The lowest BCUT2D eigenvalue weighted by Crippen LogP contribution is -2.28. The van der Waals surface area contributed by atoms with Crippen molar-refractivity contribution < 1.29 is 27.5 Å². The Morgan fingerprint density at radius 3 is 2.47 bits per heavy atom. The number of aromatic nitrogens is 2. The van der Waals surface area contributed by atoms with Crippen LogP contribution < -0.4 is 15.4 Å². The topological polar surface area (TPSA) is 93.2 Å². The quantitative estimate of drug-likeness (QED) is 0.705. The van der Waals surface area contributed by atoms with Crippen LogP contribution in [0.5, 0.6) is 5.75 Å². The van der Waals surface area contributed by atoms with Crippen molar-refractivity contribution in [2.45, 2.75) is 39.9 Å². The van der Waals surface area contributed by atoms with Crippen LogP contribution in [0.4, 0.5) is 19.0 Å². The van der Waals surface area contributed by atoms with Gasteiger partial charge in [-0.3, -0.25) is 9.59 Å². The zero-order valence-electron chi connectivity index (χ0n) is 17.0. The van der Waals surface area contributed by atoms with E-state index in [-0.39, 0.29) is 29.0 Å². The van der Waals surface area contributed by atoms with Crippen LogP contribution in [0, 0.1) is 12.8 Å². The molecule has 0 aromatic carbocycles. The van der Waals surface area contributed by atoms with Crippen molar-refractivity contribution in [2.24, 2.45) is 5.92 Å². The SMILES string of the molecule is Cc1nc(C(=O)NC(C)c2ccnc(NC(=O)C(C)C)c2)ccc1OCC(F)(F)F. The molecule has 2 heterocycles. The number of carbonyl (C=O) groups excluding carboxylic acids is 2. The van der Waals surface area contributed by atoms with Crippen molar-refractivity contribution in [3.05, 3.63) is 47.4 Å². The van der Waals surface area contributed by atoms with Gasteiger partial charge < -0.3 is 15.4 Å². The zero-order valence-corrected chi connectivity index (χ0v) is 17.0. The summed E-state index contributed by atoms with van der Waals surface area (Å²) in [6.07, 6.45) is -2.95. The monoisotopic (exact) mass is 424 g/mol. The van der Waals surface area contributed by atoms with E-state index in [9.17, 15) is 22.8 Å². The van der Waals surface area contributed by atoms with Crippen molar-refractivity contribution in [1.82, 2.24) is 15.3 Å². The lowest BCUT2D eigenvalue weighted by atomic mass is 10.1. The molecular formula is C20H23F3N4O3. The van der Waals surface area contributed by atoms with Crippen LogP contribution in [-0.2, 0) is 4.79 Å². The van der Waals surface area contributed by atoms with Gasteiger partial charge in [0, 0.05) is 12.1 Å². The number of anilines is 1. The fourth-order valence-electron chi connectivity index (χ4n) is 2.40. The van der Waals surface area contributed by atoms with Gasteiger partial charge in [0.15, 0.2) is 6.61 Å². The first kappa shape index (κ1) is 23.1. The summed E-state index contributed by atoms with van der Waals surface area (Å²) in [5.41, 5.74) is 0.919. The van der Waals surface area contributed by atoms with E-state index in [1.165, 1.54) is 25.3 Å². The first-order valence-electron chi connectivity index (χ1n) is 9.21. The summed E-state index contributed by atoms with van der Waals surface area (Å²) in [4.78, 5) is 32.4. The Kier molecular flexibility index (Phi) is 7.36. The Labute approximate surface area is 172 Å². The average molecular weight is 424 g/mol. The lowest BCUT2D eigenvalue weighted by Gasteiger charge is -2.16. The van der Waals surface area contributed by atoms with Gasteiger partial charge in [-0.05, 0) is 43.7 Å². The molecule has 0 spiro atoms. The van der Waals surface area contributed by atoms with Crippen molar-refractivity contribution in [2.75, 3.05) is 11.9 Å². The van der Waals surface area contributed by atoms with E-state index in [1.807, 2.05) is 0 Å². The predicted octanol–water partition coefficient (Wildman–Crippen LogP) is 3.81. The van der Waals surface area contributed by atoms with E-state index >= 15 is 0 Å². The number of ether oxygens (including phenoxy) is 1. The van der Waals surface area contributed by atoms with Gasteiger partial charge in [-0.2, -0.15) is 13.2 Å². The molecule has 2 rings (SSSR count). The Bertz CT molecular complexity index is 916. The van der Waals surface area contributed by atoms with E-state index in [2.05, 4.69) is 25.3 Å². The third kappa shape index (κ3) is 6.71. The standard InChI is InChI=1S/C20H23F3N4O3/c1-11(2)18(28)27-17-9-14(7-8-24-17)12(3)26-19(29)15-5-6-16(13(4)25-15)30-10-20(21,22)23/h5-9,11-12H,10H2,1-4H3,(H,26,29)(H,24,27,28). The molecule has 0 radical (unpaired) electrons. The van der Waals surface area contributed by atoms with Gasteiger partial charge in [-0.15, -0.1) is 0 Å². The summed E-state index contributed by atoms with van der Waals surface area (Å²) in [6.45, 7) is 5.29. The van der Waals surface area contributed by atoms with Gasteiger partial charge in [0.2, 0.25) is 5.91 Å². The number of nitrogens with one attached hydrogen (secondary N) is 2. The molecule has 0 aliphatic carbocycles. The number of amides is 2. The van der Waals surface area contributed by atoms with Crippen molar-refractivity contribution in [3.8, 4) is 5.75 Å². The maximum atomic E-state index is 12.5. The van der Waals surface area contributed by atoms with Gasteiger partial charge in [-0.1, -0.05) is 13.8 Å². The molecule has 0 saturated carbocycles. The van der Waals surface area contributed by atoms with Crippen LogP contribution in [0.3, 0.4) is 0 Å². The van der Waals surface area contributed by atoms with Crippen molar-refractivity contribution in [1.29, 1.82) is 0 Å². The van der Waals surface area contributed by atoms with Crippen molar-refractivity contribution in [3.63, 3.8) is 0 Å². The molecule has 0 fully saturated rings. The molecule has 2 aromatic heterocycles. The third-order valence-electron chi connectivity index (χ3n) is 4.07. The van der Waals surface area contributed by atoms with Crippen LogP contribution in [-0.4, -0.2) is 34.6 Å². The molecule has 2 N–H and O–H groups in total. The highest BCUT2D eigenvalue weighted by Gasteiger charge is 2.29. The largest absolute Gasteiger partial charge is 0.482 e. The Morgan fingerprint density at radius 1 is 1.17 bits per heavy atom. The van der Waals surface area contributed by atoms with E-state index in [4.69, 9.17) is 0 Å². The predicted molar refractivity (Wildman–Crippen MR) is 104 cm³/mol. The number of halogens is 3. The maximum absolute atomic E-state index is 12.5. The molecule has 2 amide bonds. The molecule has 10 heteroatoms. The molecule has 2 aromatic rings. The third-order valence-corrected chi connectivity index (χ3v) is 4.07. The summed E-state index contributed by atoms with van der Waals surface area (Å²) in [5, 5.41) is 5.44. The van der Waals surface area contributed by atoms with Gasteiger partial charge in [0.05, 0.1) is 11.7 Å². The Morgan fingerprint density at radius 2 is 1.87 bits per heavy atom. The van der Waals surface area contributed by atoms with Crippen LogP contribution in [0.1, 0.15) is 48.6 Å². The number of hydrogen-bond acceptors (Lipinski definition) is 5. The number of carbonyl (C=O) groups is 2. The highest BCUT2D eigenvalue weighted by Crippen LogP contribution is 2.21. The van der Waals surface area contributed by atoms with Gasteiger partial charge >= 0.3 is 6.18 Å². The molecular weight excluding hydrogens is 401 g/mol. The van der Waals surface area contributed by atoms with Gasteiger partial charge in [0.25, 0.3) is 5.91 Å². The van der Waals surface area contributed by atoms with Crippen LogP contribution in [0.2, 0.25) is 0 Å². The minimum absolute atomic E-state index is 0.0427. The normalized spacial score (nSPS) is 12.4. The van der Waals surface area contributed by atoms with Crippen molar-refractivity contribution >= 4 is 17.6 Å². The van der Waals surface area contributed by atoms with E-state index in [0.29, 0.717) is 11.4 Å². The summed E-state index contributed by atoms with van der Waals surface area (Å²) in [7, 11) is 0. The second-order valence-corrected chi connectivity index (χ2v) is 7.00. The van der Waals surface area contributed by atoms with Crippen LogP contribution >= 0.6 is 0 Å². The minimum Gasteiger partial charge on any atom is -0.482 e. The number of rotatable bonds is 7. The van der Waals surface area contributed by atoms with E-state index in [0.717, 1.165) is 0 Å². The van der Waals surface area contributed by atoms with E-state index in [1.54, 1.807) is 32.9 Å². The fourth-order valence-corrected chi connectivity index (χ4v) is 2.40. The summed E-state index contributed by atoms with van der Waals surface area (Å²) >= 11 is 0.